The van der Waals surface area contributed by atoms with E-state index >= 15 is 0 Å². The van der Waals surface area contributed by atoms with E-state index in [0.717, 1.165) is 24.3 Å². The van der Waals surface area contributed by atoms with Gasteiger partial charge in [-0.25, -0.2) is 9.18 Å². The number of carbonyl (C=O) groups is 2. The van der Waals surface area contributed by atoms with E-state index in [2.05, 4.69) is 10.6 Å². The van der Waals surface area contributed by atoms with Crippen LogP contribution in [0.4, 0.5) is 22.4 Å². The topological polar surface area (TPSA) is 70.2 Å². The Balaban J connectivity index is 2.78. The highest BCUT2D eigenvalue weighted by molar-refractivity contribution is 5.84. The lowest BCUT2D eigenvalue weighted by Gasteiger charge is -2.22. The van der Waals surface area contributed by atoms with Gasteiger partial charge in [0.25, 0.3) is 0 Å². The Morgan fingerprint density at radius 1 is 1.19 bits per heavy atom. The van der Waals surface area contributed by atoms with Crippen molar-refractivity contribution in [2.45, 2.75) is 12.2 Å². The number of rotatable bonds is 4. The van der Waals surface area contributed by atoms with Crippen molar-refractivity contribution in [3.05, 3.63) is 35.6 Å². The smallest absolute Gasteiger partial charge is 0.341 e. The fraction of sp³-hybridized carbons (Fsp3) is 0.333. The van der Waals surface area contributed by atoms with Crippen LogP contribution in [0.3, 0.4) is 0 Å². The number of alkyl halides is 3. The van der Waals surface area contributed by atoms with E-state index in [4.69, 9.17) is 0 Å². The average Bonchev–Trinajstić information content (AvgIpc) is 2.42. The zero-order valence-electron chi connectivity index (χ0n) is 10.9. The summed E-state index contributed by atoms with van der Waals surface area (Å²) in [6.07, 6.45) is -4.75. The first-order valence-electron chi connectivity index (χ1n) is 5.81. The molecule has 0 unspecified atom stereocenters. The van der Waals surface area contributed by atoms with Crippen molar-refractivity contribution in [2.24, 2.45) is 0 Å². The predicted octanol–water partition coefficient (Wildman–Crippen LogP) is 1.47. The first-order chi connectivity index (χ1) is 9.74. The Bertz CT molecular complexity index is 502. The third-order valence-electron chi connectivity index (χ3n) is 2.47. The first kappa shape index (κ1) is 16.7. The van der Waals surface area contributed by atoms with Crippen LogP contribution >= 0.6 is 0 Å². The molecule has 21 heavy (non-hydrogen) atoms. The van der Waals surface area contributed by atoms with Crippen LogP contribution in [-0.2, 0) is 4.79 Å². The second-order valence-corrected chi connectivity index (χ2v) is 4.03. The lowest BCUT2D eigenvalue weighted by atomic mass is 10.1. The molecule has 0 aliphatic carbocycles. The van der Waals surface area contributed by atoms with Crippen molar-refractivity contribution in [2.75, 3.05) is 13.6 Å². The SMILES string of the molecule is CNC(=O)NCC(=O)N[C@@H](c1ccc(F)cc1)C(F)(F)F. The standard InChI is InChI=1S/C12H13F4N3O2/c1-17-11(21)18-6-9(20)19-10(12(14,15)16)7-2-4-8(13)5-3-7/h2-5,10H,6H2,1H3,(H,19,20)(H2,17,18,21)/t10-/m0/s1. The van der Waals surface area contributed by atoms with Gasteiger partial charge < -0.3 is 16.0 Å². The number of benzene rings is 1. The van der Waals surface area contributed by atoms with Gasteiger partial charge in [0.1, 0.15) is 5.82 Å². The molecule has 1 rings (SSSR count). The summed E-state index contributed by atoms with van der Waals surface area (Å²) in [5.74, 6) is -1.71. The number of carbonyl (C=O) groups excluding carboxylic acids is 2. The van der Waals surface area contributed by atoms with Gasteiger partial charge in [0.2, 0.25) is 5.91 Å². The molecule has 116 valence electrons. The zero-order valence-corrected chi connectivity index (χ0v) is 10.9. The van der Waals surface area contributed by atoms with Crippen LogP contribution in [0.5, 0.6) is 0 Å². The highest BCUT2D eigenvalue weighted by atomic mass is 19.4. The molecule has 1 atom stereocenters. The van der Waals surface area contributed by atoms with Gasteiger partial charge in [-0.05, 0) is 17.7 Å². The lowest BCUT2D eigenvalue weighted by Crippen LogP contribution is -2.45. The molecule has 3 amide bonds. The minimum Gasteiger partial charge on any atom is -0.341 e. The largest absolute Gasteiger partial charge is 0.412 e. The maximum absolute atomic E-state index is 12.9. The van der Waals surface area contributed by atoms with Gasteiger partial charge in [-0.1, -0.05) is 12.1 Å². The third-order valence-corrected chi connectivity index (χ3v) is 2.47. The van der Waals surface area contributed by atoms with Crippen LogP contribution < -0.4 is 16.0 Å². The number of hydrogen-bond acceptors (Lipinski definition) is 2. The van der Waals surface area contributed by atoms with Crippen molar-refractivity contribution in [3.8, 4) is 0 Å². The summed E-state index contributed by atoms with van der Waals surface area (Å²) >= 11 is 0. The van der Waals surface area contributed by atoms with E-state index < -0.39 is 36.5 Å². The van der Waals surface area contributed by atoms with E-state index in [0.29, 0.717) is 0 Å². The Labute approximate surface area is 117 Å². The molecular weight excluding hydrogens is 294 g/mol. The number of urea groups is 1. The predicted molar refractivity (Wildman–Crippen MR) is 65.8 cm³/mol. The number of hydrogen-bond donors (Lipinski definition) is 3. The summed E-state index contributed by atoms with van der Waals surface area (Å²) < 4.78 is 51.5. The molecule has 5 nitrogen and oxygen atoms in total. The van der Waals surface area contributed by atoms with Crippen molar-refractivity contribution in [3.63, 3.8) is 0 Å². The Morgan fingerprint density at radius 3 is 2.24 bits per heavy atom. The molecule has 0 fully saturated rings. The quantitative estimate of drug-likeness (QED) is 0.737. The summed E-state index contributed by atoms with van der Waals surface area (Å²) in [5.41, 5.74) is -0.308. The van der Waals surface area contributed by atoms with Crippen molar-refractivity contribution in [1.82, 2.24) is 16.0 Å². The highest BCUT2D eigenvalue weighted by Gasteiger charge is 2.41. The molecule has 0 heterocycles. The van der Waals surface area contributed by atoms with E-state index in [9.17, 15) is 27.2 Å². The van der Waals surface area contributed by atoms with Crippen molar-refractivity contribution >= 4 is 11.9 Å². The van der Waals surface area contributed by atoms with Crippen LogP contribution in [0.2, 0.25) is 0 Å². The lowest BCUT2D eigenvalue weighted by molar-refractivity contribution is -0.163. The van der Waals surface area contributed by atoms with Crippen LogP contribution in [0.25, 0.3) is 0 Å². The van der Waals surface area contributed by atoms with Crippen LogP contribution in [0, 0.1) is 5.82 Å². The highest BCUT2D eigenvalue weighted by Crippen LogP contribution is 2.32. The fourth-order valence-corrected chi connectivity index (χ4v) is 1.47. The van der Waals surface area contributed by atoms with E-state index in [1.807, 2.05) is 0 Å². The maximum Gasteiger partial charge on any atom is 0.412 e. The van der Waals surface area contributed by atoms with Gasteiger partial charge in [-0.15, -0.1) is 0 Å². The molecule has 0 aromatic heterocycles. The molecule has 0 aliphatic heterocycles. The molecule has 1 aromatic carbocycles. The molecular formula is C12H13F4N3O2. The molecule has 0 bridgehead atoms. The molecule has 9 heteroatoms. The van der Waals surface area contributed by atoms with Crippen LogP contribution in [0.1, 0.15) is 11.6 Å². The molecule has 1 aromatic rings. The molecule has 0 saturated heterocycles. The number of nitrogens with one attached hydrogen (secondary N) is 3. The number of amides is 3. The summed E-state index contributed by atoms with van der Waals surface area (Å²) in [7, 11) is 1.30. The summed E-state index contributed by atoms with van der Waals surface area (Å²) in [6, 6.07) is 0.610. The monoisotopic (exact) mass is 307 g/mol. The molecule has 0 spiro atoms. The van der Waals surface area contributed by atoms with Gasteiger partial charge in [-0.3, -0.25) is 4.79 Å². The normalized spacial score (nSPS) is 12.4. The molecule has 0 saturated carbocycles. The van der Waals surface area contributed by atoms with E-state index in [1.54, 1.807) is 5.32 Å². The van der Waals surface area contributed by atoms with Gasteiger partial charge in [0.05, 0.1) is 6.54 Å². The second-order valence-electron chi connectivity index (χ2n) is 4.03. The Hall–Kier alpha value is -2.32. The maximum atomic E-state index is 12.9. The summed E-state index contributed by atoms with van der Waals surface area (Å²) in [6.45, 7) is -0.618. The van der Waals surface area contributed by atoms with Crippen LogP contribution in [-0.4, -0.2) is 31.7 Å². The fourth-order valence-electron chi connectivity index (χ4n) is 1.47. The number of halogens is 4. The van der Waals surface area contributed by atoms with Gasteiger partial charge in [0, 0.05) is 7.05 Å². The first-order valence-corrected chi connectivity index (χ1v) is 5.81. The van der Waals surface area contributed by atoms with Gasteiger partial charge >= 0.3 is 12.2 Å². The second kappa shape index (κ2) is 6.91. The van der Waals surface area contributed by atoms with Crippen molar-refractivity contribution < 1.29 is 27.2 Å². The molecule has 0 aliphatic rings. The van der Waals surface area contributed by atoms with Gasteiger partial charge in [-0.2, -0.15) is 13.2 Å². The minimum absolute atomic E-state index is 0.308. The Morgan fingerprint density at radius 2 is 1.76 bits per heavy atom. The van der Waals surface area contributed by atoms with Gasteiger partial charge in [0.15, 0.2) is 6.04 Å². The third kappa shape index (κ3) is 5.28. The Kier molecular flexibility index (Phi) is 5.51. The van der Waals surface area contributed by atoms with Crippen molar-refractivity contribution in [1.29, 1.82) is 0 Å². The summed E-state index contributed by atoms with van der Waals surface area (Å²) in [4.78, 5) is 22.3. The minimum atomic E-state index is -4.75. The zero-order chi connectivity index (χ0) is 16.0. The van der Waals surface area contributed by atoms with E-state index in [-0.39, 0.29) is 5.56 Å². The average molecular weight is 307 g/mol. The summed E-state index contributed by atoms with van der Waals surface area (Å²) in [5, 5.41) is 5.95. The molecule has 0 radical (unpaired) electrons. The molecule has 3 N–H and O–H groups in total. The van der Waals surface area contributed by atoms with Crippen LogP contribution in [0.15, 0.2) is 24.3 Å². The van der Waals surface area contributed by atoms with E-state index in [1.165, 1.54) is 7.05 Å².